The Hall–Kier alpha value is 0.455. The molecule has 0 spiro atoms. The molecule has 0 fully saturated rings. The van der Waals surface area contributed by atoms with E-state index in [9.17, 15) is 0 Å². The summed E-state index contributed by atoms with van der Waals surface area (Å²) in [7, 11) is 4.38. The maximum atomic E-state index is 4.94. The van der Waals surface area contributed by atoms with Crippen molar-refractivity contribution >= 4 is 16.7 Å². The highest BCUT2D eigenvalue weighted by Crippen LogP contribution is 1.86. The van der Waals surface area contributed by atoms with Crippen LogP contribution in [0.25, 0.3) is 0 Å². The molecule has 0 N–H and O–H groups in total. The average Bonchev–Trinajstić information content (AvgIpc) is 1.69. The molecule has 0 aromatic carbocycles. The van der Waals surface area contributed by atoms with E-state index in [0.29, 0.717) is 0 Å². The second-order valence-electron chi connectivity index (χ2n) is 1.25. The highest BCUT2D eigenvalue weighted by Gasteiger charge is 1.80. The molecular weight excluding hydrogens is 106 g/mol. The van der Waals surface area contributed by atoms with Gasteiger partial charge < -0.3 is 4.65 Å². The van der Waals surface area contributed by atoms with Crippen LogP contribution >= 0.6 is 9.24 Å². The molecule has 1 nitrogen and oxygen atoms in total. The van der Waals surface area contributed by atoms with Crippen LogP contribution in [0.5, 0.6) is 0 Å². The quantitative estimate of drug-likeness (QED) is 0.302. The van der Waals surface area contributed by atoms with Gasteiger partial charge in [-0.1, -0.05) is 6.82 Å². The summed E-state index contributed by atoms with van der Waals surface area (Å²) in [5, 5.41) is 0. The highest BCUT2D eigenvalue weighted by atomic mass is 31.0. The topological polar surface area (TPSA) is 9.23 Å². The third-order valence-corrected chi connectivity index (χ3v) is 1.04. The summed E-state index contributed by atoms with van der Waals surface area (Å²) < 4.78 is 4.94. The lowest BCUT2D eigenvalue weighted by Crippen LogP contribution is -1.95. The van der Waals surface area contributed by atoms with E-state index in [2.05, 4.69) is 9.24 Å². The van der Waals surface area contributed by atoms with Crippen molar-refractivity contribution in [3.05, 3.63) is 0 Å². The van der Waals surface area contributed by atoms with Crippen LogP contribution in [0.1, 0.15) is 6.42 Å². The fourth-order valence-electron chi connectivity index (χ4n) is 0.285. The summed E-state index contributed by atoms with van der Waals surface area (Å²) in [6.07, 6.45) is 2.27. The largest absolute Gasteiger partial charge is 0.441 e. The average molecular weight is 117 g/mol. The molecule has 0 aromatic heterocycles. The molecule has 0 heterocycles. The third-order valence-electron chi connectivity index (χ3n) is 0.633. The first kappa shape index (κ1) is 7.45. The first-order valence-electron chi connectivity index (χ1n) is 2.51. The van der Waals surface area contributed by atoms with Crippen LogP contribution in [0, 0.1) is 0 Å². The van der Waals surface area contributed by atoms with Crippen molar-refractivity contribution in [2.24, 2.45) is 0 Å². The molecule has 3 heteroatoms. The molecule has 0 bridgehead atoms. The van der Waals surface area contributed by atoms with Crippen LogP contribution in [0.15, 0.2) is 0 Å². The predicted octanol–water partition coefficient (Wildman–Crippen LogP) is 0.935. The molecule has 7 heavy (non-hydrogen) atoms. The standard InChI is InChI=1S/C4H11BOP/c1-5-6-3-2-4-7/h2-4,7H2,1H3. The Morgan fingerprint density at radius 2 is 2.43 bits per heavy atom. The van der Waals surface area contributed by atoms with Crippen molar-refractivity contribution in [3.63, 3.8) is 0 Å². The molecule has 1 radical (unpaired) electrons. The van der Waals surface area contributed by atoms with Crippen LogP contribution in [-0.4, -0.2) is 20.3 Å². The first-order chi connectivity index (χ1) is 3.41. The Balaban J connectivity index is 2.45. The summed E-state index contributed by atoms with van der Waals surface area (Å²) in [5.41, 5.74) is 0. The minimum Gasteiger partial charge on any atom is -0.441 e. The van der Waals surface area contributed by atoms with Crippen molar-refractivity contribution in [2.45, 2.75) is 13.2 Å². The zero-order valence-corrected chi connectivity index (χ0v) is 5.84. The molecule has 0 saturated carbocycles. The van der Waals surface area contributed by atoms with E-state index >= 15 is 0 Å². The van der Waals surface area contributed by atoms with Gasteiger partial charge in [-0.25, -0.2) is 0 Å². The highest BCUT2D eigenvalue weighted by molar-refractivity contribution is 7.16. The van der Waals surface area contributed by atoms with E-state index in [0.717, 1.165) is 19.2 Å². The summed E-state index contributed by atoms with van der Waals surface area (Å²) in [5.74, 6) is 0. The molecule has 1 unspecified atom stereocenters. The van der Waals surface area contributed by atoms with E-state index in [4.69, 9.17) is 4.65 Å². The molecular formula is C4H11BOP. The van der Waals surface area contributed by atoms with Crippen LogP contribution in [0.2, 0.25) is 6.82 Å². The van der Waals surface area contributed by atoms with Gasteiger partial charge in [0.1, 0.15) is 0 Å². The van der Waals surface area contributed by atoms with Gasteiger partial charge in [0.15, 0.2) is 0 Å². The summed E-state index contributed by atoms with van der Waals surface area (Å²) >= 11 is 0. The summed E-state index contributed by atoms with van der Waals surface area (Å²) in [6, 6.07) is 0. The molecule has 1 atom stereocenters. The van der Waals surface area contributed by atoms with Crippen molar-refractivity contribution in [1.29, 1.82) is 0 Å². The lowest BCUT2D eigenvalue weighted by molar-refractivity contribution is 0.340. The van der Waals surface area contributed by atoms with E-state index < -0.39 is 0 Å². The van der Waals surface area contributed by atoms with Gasteiger partial charge in [-0.05, 0) is 12.6 Å². The zero-order valence-electron chi connectivity index (χ0n) is 4.68. The van der Waals surface area contributed by atoms with Crippen molar-refractivity contribution in [2.75, 3.05) is 12.8 Å². The van der Waals surface area contributed by atoms with E-state index in [-0.39, 0.29) is 0 Å². The Kier molecular flexibility index (Phi) is 6.87. The van der Waals surface area contributed by atoms with Crippen LogP contribution in [0.3, 0.4) is 0 Å². The molecule has 0 aliphatic heterocycles. The summed E-state index contributed by atoms with van der Waals surface area (Å²) in [4.78, 5) is 0. The lowest BCUT2D eigenvalue weighted by atomic mass is 10.1. The predicted molar refractivity (Wildman–Crippen MR) is 36.8 cm³/mol. The van der Waals surface area contributed by atoms with Gasteiger partial charge in [0.05, 0.1) is 0 Å². The molecule has 0 aromatic rings. The summed E-state index contributed by atoms with van der Waals surface area (Å²) in [6.45, 7) is 2.75. The monoisotopic (exact) mass is 117 g/mol. The SMILES string of the molecule is C[B]OCCCP. The second-order valence-corrected chi connectivity index (χ2v) is 1.83. The fourth-order valence-corrected chi connectivity index (χ4v) is 0.451. The van der Waals surface area contributed by atoms with Gasteiger partial charge in [0, 0.05) is 6.61 Å². The molecule has 0 amide bonds. The molecule has 0 saturated heterocycles. The van der Waals surface area contributed by atoms with Gasteiger partial charge in [0.2, 0.25) is 0 Å². The van der Waals surface area contributed by atoms with Gasteiger partial charge in [-0.15, -0.1) is 9.24 Å². The number of hydrogen-bond donors (Lipinski definition) is 0. The second kappa shape index (κ2) is 6.45. The van der Waals surface area contributed by atoms with Gasteiger partial charge >= 0.3 is 0 Å². The maximum Gasteiger partial charge on any atom is 0.288 e. The zero-order chi connectivity index (χ0) is 5.54. The minimum atomic E-state index is 0.861. The van der Waals surface area contributed by atoms with Crippen LogP contribution in [-0.2, 0) is 4.65 Å². The van der Waals surface area contributed by atoms with E-state index in [1.807, 2.05) is 6.82 Å². The van der Waals surface area contributed by atoms with Crippen molar-refractivity contribution in [1.82, 2.24) is 0 Å². The Morgan fingerprint density at radius 3 is 2.86 bits per heavy atom. The van der Waals surface area contributed by atoms with Gasteiger partial charge in [-0.2, -0.15) is 0 Å². The lowest BCUT2D eigenvalue weighted by Gasteiger charge is -1.94. The molecule has 41 valence electrons. The van der Waals surface area contributed by atoms with Crippen LogP contribution in [0.4, 0.5) is 0 Å². The van der Waals surface area contributed by atoms with Gasteiger partial charge in [0.25, 0.3) is 7.48 Å². The van der Waals surface area contributed by atoms with E-state index in [1.54, 1.807) is 7.48 Å². The molecule has 0 aliphatic rings. The Morgan fingerprint density at radius 1 is 1.71 bits per heavy atom. The number of rotatable bonds is 4. The fraction of sp³-hybridized carbons (Fsp3) is 1.00. The third kappa shape index (κ3) is 6.45. The molecule has 0 rings (SSSR count). The minimum absolute atomic E-state index is 0.861. The van der Waals surface area contributed by atoms with E-state index in [1.165, 1.54) is 0 Å². The Labute approximate surface area is 48.3 Å². The smallest absolute Gasteiger partial charge is 0.288 e. The van der Waals surface area contributed by atoms with Gasteiger partial charge in [-0.3, -0.25) is 0 Å². The molecule has 0 aliphatic carbocycles. The van der Waals surface area contributed by atoms with Crippen molar-refractivity contribution < 1.29 is 4.65 Å². The van der Waals surface area contributed by atoms with Crippen molar-refractivity contribution in [3.8, 4) is 0 Å². The maximum absolute atomic E-state index is 4.94. The first-order valence-corrected chi connectivity index (χ1v) is 3.33. The normalized spacial score (nSPS) is 8.86. The number of hydrogen-bond acceptors (Lipinski definition) is 1. The Bertz CT molecular complexity index is 30.9. The van der Waals surface area contributed by atoms with Crippen LogP contribution < -0.4 is 0 Å².